The normalized spacial score (nSPS) is 20.8. The first kappa shape index (κ1) is 8.90. The zero-order valence-corrected chi connectivity index (χ0v) is 7.45. The fraction of sp³-hybridized carbons (Fsp3) is 0.625. The van der Waals surface area contributed by atoms with Crippen molar-refractivity contribution in [1.82, 2.24) is 5.32 Å². The SMILES string of the molecule is CC(=O)NCCC1C=[N+](C)C=N1. The number of nitrogens with one attached hydrogen (secondary N) is 1. The van der Waals surface area contributed by atoms with E-state index in [9.17, 15) is 4.79 Å². The van der Waals surface area contributed by atoms with E-state index in [1.807, 2.05) is 17.8 Å². The summed E-state index contributed by atoms with van der Waals surface area (Å²) in [4.78, 5) is 14.7. The standard InChI is InChI=1S/C8H13N3O/c1-7(12)9-4-3-8-5-11(2)6-10-8/h5-6,8H,3-4H2,1-2H3/p+1. The zero-order chi connectivity index (χ0) is 8.97. The number of rotatable bonds is 3. The van der Waals surface area contributed by atoms with Crippen molar-refractivity contribution in [2.75, 3.05) is 13.6 Å². The van der Waals surface area contributed by atoms with Crippen LogP contribution < -0.4 is 5.32 Å². The van der Waals surface area contributed by atoms with Crippen molar-refractivity contribution in [3.63, 3.8) is 0 Å². The van der Waals surface area contributed by atoms with Crippen molar-refractivity contribution in [3.05, 3.63) is 0 Å². The zero-order valence-electron chi connectivity index (χ0n) is 7.45. The van der Waals surface area contributed by atoms with Gasteiger partial charge in [-0.15, -0.1) is 0 Å². The molecule has 1 heterocycles. The minimum absolute atomic E-state index is 0.0188. The van der Waals surface area contributed by atoms with Crippen molar-refractivity contribution in [3.8, 4) is 0 Å². The average molecular weight is 168 g/mol. The molecule has 12 heavy (non-hydrogen) atoms. The molecule has 0 saturated heterocycles. The van der Waals surface area contributed by atoms with Crippen LogP contribution in [0.1, 0.15) is 13.3 Å². The molecular weight excluding hydrogens is 154 g/mol. The molecule has 66 valence electrons. The van der Waals surface area contributed by atoms with Crippen LogP contribution in [0.4, 0.5) is 0 Å². The summed E-state index contributed by atoms with van der Waals surface area (Å²) in [6, 6.07) is 0.238. The van der Waals surface area contributed by atoms with Gasteiger partial charge in [-0.05, 0) is 0 Å². The summed E-state index contributed by atoms with van der Waals surface area (Å²) in [6.45, 7) is 2.22. The van der Waals surface area contributed by atoms with E-state index in [0.29, 0.717) is 6.54 Å². The van der Waals surface area contributed by atoms with Crippen LogP contribution in [-0.4, -0.2) is 42.7 Å². The van der Waals surface area contributed by atoms with Gasteiger partial charge in [0.15, 0.2) is 6.04 Å². The van der Waals surface area contributed by atoms with Gasteiger partial charge >= 0.3 is 0 Å². The Morgan fingerprint density at radius 2 is 2.50 bits per heavy atom. The molecule has 1 atom stereocenters. The number of carbonyl (C=O) groups excluding carboxylic acids is 1. The molecule has 0 bridgehead atoms. The second-order valence-electron chi connectivity index (χ2n) is 2.92. The Kier molecular flexibility index (Phi) is 2.96. The van der Waals surface area contributed by atoms with E-state index in [2.05, 4.69) is 10.3 Å². The molecule has 0 saturated carbocycles. The smallest absolute Gasteiger partial charge is 0.280 e. The molecule has 0 aromatic carbocycles. The molecule has 1 rings (SSSR count). The maximum Gasteiger partial charge on any atom is 0.280 e. The summed E-state index contributed by atoms with van der Waals surface area (Å²) in [6.07, 6.45) is 4.70. The molecule has 1 aliphatic heterocycles. The van der Waals surface area contributed by atoms with Gasteiger partial charge in [0.25, 0.3) is 6.34 Å². The van der Waals surface area contributed by atoms with E-state index in [0.717, 1.165) is 6.42 Å². The van der Waals surface area contributed by atoms with Crippen LogP contribution in [-0.2, 0) is 4.79 Å². The monoisotopic (exact) mass is 168 g/mol. The second-order valence-corrected chi connectivity index (χ2v) is 2.92. The Morgan fingerprint density at radius 1 is 1.75 bits per heavy atom. The Hall–Kier alpha value is -1.19. The molecule has 1 aliphatic rings. The third-order valence-electron chi connectivity index (χ3n) is 1.66. The minimum Gasteiger partial charge on any atom is -0.356 e. The first-order valence-corrected chi connectivity index (χ1v) is 4.03. The number of hydrogen-bond donors (Lipinski definition) is 1. The Bertz CT molecular complexity index is 232. The van der Waals surface area contributed by atoms with Crippen LogP contribution in [0.2, 0.25) is 0 Å². The van der Waals surface area contributed by atoms with Gasteiger partial charge in [0.05, 0.1) is 7.05 Å². The van der Waals surface area contributed by atoms with Crippen molar-refractivity contribution in [2.45, 2.75) is 19.4 Å². The highest BCUT2D eigenvalue weighted by Crippen LogP contribution is 1.96. The fourth-order valence-corrected chi connectivity index (χ4v) is 1.08. The summed E-state index contributed by atoms with van der Waals surface area (Å²) in [5.74, 6) is 0.0188. The largest absolute Gasteiger partial charge is 0.356 e. The lowest BCUT2D eigenvalue weighted by Gasteiger charge is -1.99. The topological polar surface area (TPSA) is 44.5 Å². The summed E-state index contributed by atoms with van der Waals surface area (Å²) >= 11 is 0. The molecule has 1 amide bonds. The molecule has 1 N–H and O–H groups in total. The summed E-state index contributed by atoms with van der Waals surface area (Å²) in [5, 5.41) is 2.74. The van der Waals surface area contributed by atoms with Crippen LogP contribution in [0.15, 0.2) is 4.99 Å². The average Bonchev–Trinajstić information content (AvgIpc) is 2.35. The molecule has 0 aromatic heterocycles. The van der Waals surface area contributed by atoms with Gasteiger partial charge < -0.3 is 5.32 Å². The maximum absolute atomic E-state index is 10.5. The number of carbonyl (C=O) groups is 1. The molecule has 4 heteroatoms. The van der Waals surface area contributed by atoms with Gasteiger partial charge in [-0.25, -0.2) is 4.58 Å². The van der Waals surface area contributed by atoms with Crippen LogP contribution in [0, 0.1) is 0 Å². The van der Waals surface area contributed by atoms with Gasteiger partial charge in [0.1, 0.15) is 6.21 Å². The Labute approximate surface area is 72.0 Å². The van der Waals surface area contributed by atoms with Crippen molar-refractivity contribution in [2.24, 2.45) is 4.99 Å². The molecule has 0 spiro atoms. The summed E-state index contributed by atoms with van der Waals surface area (Å²) < 4.78 is 1.93. The number of aliphatic imine (C=N–C) groups is 1. The van der Waals surface area contributed by atoms with Crippen LogP contribution in [0.3, 0.4) is 0 Å². The fourth-order valence-electron chi connectivity index (χ4n) is 1.08. The number of nitrogens with zero attached hydrogens (tertiary/aromatic N) is 2. The van der Waals surface area contributed by atoms with E-state index in [1.54, 1.807) is 6.34 Å². The molecule has 4 nitrogen and oxygen atoms in total. The van der Waals surface area contributed by atoms with Crippen molar-refractivity contribution in [1.29, 1.82) is 0 Å². The molecular formula is C8H14N3O+. The van der Waals surface area contributed by atoms with Crippen molar-refractivity contribution >= 4 is 18.5 Å². The van der Waals surface area contributed by atoms with Gasteiger partial charge in [-0.3, -0.25) is 4.79 Å². The highest BCUT2D eigenvalue weighted by atomic mass is 16.1. The predicted octanol–water partition coefficient (Wildman–Crippen LogP) is -0.364. The highest BCUT2D eigenvalue weighted by Gasteiger charge is 2.15. The van der Waals surface area contributed by atoms with Gasteiger partial charge in [0.2, 0.25) is 5.91 Å². The van der Waals surface area contributed by atoms with Gasteiger partial charge in [0, 0.05) is 19.9 Å². The first-order chi connectivity index (χ1) is 5.68. The lowest BCUT2D eigenvalue weighted by atomic mass is 10.2. The van der Waals surface area contributed by atoms with E-state index < -0.39 is 0 Å². The van der Waals surface area contributed by atoms with Crippen molar-refractivity contribution < 1.29 is 9.37 Å². The third kappa shape index (κ3) is 2.82. The quantitative estimate of drug-likeness (QED) is 0.574. The van der Waals surface area contributed by atoms with Gasteiger partial charge in [-0.1, -0.05) is 4.99 Å². The van der Waals surface area contributed by atoms with E-state index in [-0.39, 0.29) is 11.9 Å². The number of amides is 1. The summed E-state index contributed by atoms with van der Waals surface area (Å²) in [5.41, 5.74) is 0. The molecule has 1 unspecified atom stereocenters. The number of hydrogen-bond acceptors (Lipinski definition) is 2. The van der Waals surface area contributed by atoms with E-state index >= 15 is 0 Å². The van der Waals surface area contributed by atoms with Crippen LogP contribution >= 0.6 is 0 Å². The molecule has 0 radical (unpaired) electrons. The summed E-state index contributed by atoms with van der Waals surface area (Å²) in [7, 11) is 1.95. The maximum atomic E-state index is 10.5. The highest BCUT2D eigenvalue weighted by molar-refractivity contribution is 5.73. The van der Waals surface area contributed by atoms with E-state index in [4.69, 9.17) is 0 Å². The first-order valence-electron chi connectivity index (χ1n) is 4.03. The Balaban J connectivity index is 2.17. The minimum atomic E-state index is 0.0188. The predicted molar refractivity (Wildman–Crippen MR) is 47.8 cm³/mol. The van der Waals surface area contributed by atoms with Crippen LogP contribution in [0.5, 0.6) is 0 Å². The molecule has 0 aliphatic carbocycles. The lowest BCUT2D eigenvalue weighted by molar-refractivity contribution is -0.351. The Morgan fingerprint density at radius 3 is 3.00 bits per heavy atom. The van der Waals surface area contributed by atoms with Crippen LogP contribution in [0.25, 0.3) is 0 Å². The molecule has 0 aromatic rings. The third-order valence-corrected chi connectivity index (χ3v) is 1.66. The van der Waals surface area contributed by atoms with Gasteiger partial charge in [-0.2, -0.15) is 0 Å². The second kappa shape index (κ2) is 3.99. The van der Waals surface area contributed by atoms with E-state index in [1.165, 1.54) is 6.92 Å². The lowest BCUT2D eigenvalue weighted by Crippen LogP contribution is -2.24. The molecule has 0 fully saturated rings.